The van der Waals surface area contributed by atoms with Crippen LogP contribution in [0, 0.1) is 0 Å². The van der Waals surface area contributed by atoms with Gasteiger partial charge in [0.1, 0.15) is 5.69 Å². The van der Waals surface area contributed by atoms with Gasteiger partial charge in [0, 0.05) is 24.5 Å². The lowest BCUT2D eigenvalue weighted by Gasteiger charge is -2.11. The molecule has 0 saturated carbocycles. The van der Waals surface area contributed by atoms with Gasteiger partial charge in [-0.25, -0.2) is 4.68 Å². The van der Waals surface area contributed by atoms with Crippen LogP contribution in [0.5, 0.6) is 0 Å². The topological polar surface area (TPSA) is 59.8 Å². The fourth-order valence-corrected chi connectivity index (χ4v) is 3.23. The van der Waals surface area contributed by atoms with Gasteiger partial charge >= 0.3 is 6.18 Å². The van der Waals surface area contributed by atoms with Gasteiger partial charge < -0.3 is 5.32 Å². The number of benzene rings is 2. The van der Waals surface area contributed by atoms with Gasteiger partial charge in [-0.1, -0.05) is 42.5 Å². The van der Waals surface area contributed by atoms with Crippen LogP contribution >= 0.6 is 0 Å². The van der Waals surface area contributed by atoms with Gasteiger partial charge in [0.2, 0.25) is 5.91 Å². The Morgan fingerprint density at radius 3 is 2.34 bits per heavy atom. The standard InChI is InChI=1S/C24H19F3N4O/c25-24(26,27)22-14-21(19-7-4-12-28-16-19)30-31(22)20-10-8-18(9-11-20)15-29-23(32)13-17-5-2-1-3-6-17/h1-12,14,16H,13,15H2,(H,29,32). The van der Waals surface area contributed by atoms with Gasteiger partial charge in [0.05, 0.1) is 17.8 Å². The van der Waals surface area contributed by atoms with E-state index >= 15 is 0 Å². The van der Waals surface area contributed by atoms with Crippen molar-refractivity contribution in [3.63, 3.8) is 0 Å². The van der Waals surface area contributed by atoms with Crippen molar-refractivity contribution in [2.45, 2.75) is 19.1 Å². The van der Waals surface area contributed by atoms with Gasteiger partial charge in [-0.2, -0.15) is 18.3 Å². The SMILES string of the molecule is O=C(Cc1ccccc1)NCc1ccc(-n2nc(-c3cccnc3)cc2C(F)(F)F)cc1. The molecule has 162 valence electrons. The third-order valence-electron chi connectivity index (χ3n) is 4.84. The average Bonchev–Trinajstić information content (AvgIpc) is 3.26. The van der Waals surface area contributed by atoms with Gasteiger partial charge in [0.25, 0.3) is 0 Å². The molecular formula is C24H19F3N4O. The van der Waals surface area contributed by atoms with Crippen LogP contribution in [0.4, 0.5) is 13.2 Å². The molecule has 4 rings (SSSR count). The molecule has 0 aliphatic rings. The lowest BCUT2D eigenvalue weighted by Crippen LogP contribution is -2.24. The number of nitrogens with zero attached hydrogens (tertiary/aromatic N) is 3. The third kappa shape index (κ3) is 5.03. The van der Waals surface area contributed by atoms with E-state index in [0.29, 0.717) is 5.56 Å². The van der Waals surface area contributed by atoms with E-state index in [1.165, 1.54) is 6.20 Å². The first-order valence-corrected chi connectivity index (χ1v) is 9.88. The van der Waals surface area contributed by atoms with Crippen molar-refractivity contribution >= 4 is 5.91 Å². The fraction of sp³-hybridized carbons (Fsp3) is 0.125. The minimum atomic E-state index is -4.57. The first-order valence-electron chi connectivity index (χ1n) is 9.88. The molecular weight excluding hydrogens is 417 g/mol. The quantitative estimate of drug-likeness (QED) is 0.472. The van der Waals surface area contributed by atoms with E-state index in [1.807, 2.05) is 30.3 Å². The van der Waals surface area contributed by atoms with E-state index < -0.39 is 11.9 Å². The third-order valence-corrected chi connectivity index (χ3v) is 4.84. The Morgan fingerprint density at radius 2 is 1.69 bits per heavy atom. The van der Waals surface area contributed by atoms with E-state index in [4.69, 9.17) is 0 Å². The second kappa shape index (κ2) is 9.05. The number of hydrogen-bond acceptors (Lipinski definition) is 3. The predicted octanol–water partition coefficient (Wildman–Crippen LogP) is 4.81. The zero-order valence-corrected chi connectivity index (χ0v) is 16.9. The normalized spacial score (nSPS) is 11.3. The van der Waals surface area contributed by atoms with E-state index in [-0.39, 0.29) is 30.3 Å². The van der Waals surface area contributed by atoms with Crippen LogP contribution in [-0.4, -0.2) is 20.7 Å². The van der Waals surface area contributed by atoms with Crippen LogP contribution in [0.25, 0.3) is 16.9 Å². The number of amides is 1. The van der Waals surface area contributed by atoms with Crippen molar-refractivity contribution in [1.82, 2.24) is 20.1 Å². The lowest BCUT2D eigenvalue weighted by molar-refractivity contribution is -0.142. The summed E-state index contributed by atoms with van der Waals surface area (Å²) in [5.41, 5.74) is 1.75. The van der Waals surface area contributed by atoms with Crippen molar-refractivity contribution in [3.05, 3.63) is 102 Å². The Kier molecular flexibility index (Phi) is 6.02. The summed E-state index contributed by atoms with van der Waals surface area (Å²) in [6, 6.07) is 20.1. The number of pyridine rings is 1. The molecule has 0 fully saturated rings. The summed E-state index contributed by atoms with van der Waals surface area (Å²) in [6.07, 6.45) is -1.30. The lowest BCUT2D eigenvalue weighted by atomic mass is 10.1. The second-order valence-corrected chi connectivity index (χ2v) is 7.17. The van der Waals surface area contributed by atoms with E-state index in [2.05, 4.69) is 15.4 Å². The number of nitrogens with one attached hydrogen (secondary N) is 1. The Labute approximate surface area is 182 Å². The van der Waals surface area contributed by atoms with Crippen LogP contribution < -0.4 is 5.32 Å². The maximum absolute atomic E-state index is 13.6. The van der Waals surface area contributed by atoms with Crippen molar-refractivity contribution in [3.8, 4) is 16.9 Å². The fourth-order valence-electron chi connectivity index (χ4n) is 3.23. The van der Waals surface area contributed by atoms with Crippen molar-refractivity contribution in [2.24, 2.45) is 0 Å². The maximum Gasteiger partial charge on any atom is 0.433 e. The minimum Gasteiger partial charge on any atom is -0.352 e. The molecule has 0 aliphatic carbocycles. The first-order chi connectivity index (χ1) is 15.4. The molecule has 4 aromatic rings. The van der Waals surface area contributed by atoms with Crippen molar-refractivity contribution in [1.29, 1.82) is 0 Å². The predicted molar refractivity (Wildman–Crippen MR) is 114 cm³/mol. The molecule has 2 heterocycles. The number of halogens is 3. The Bertz CT molecular complexity index is 1190. The highest BCUT2D eigenvalue weighted by Gasteiger charge is 2.36. The first kappa shape index (κ1) is 21.3. The van der Waals surface area contributed by atoms with Gasteiger partial charge in [-0.15, -0.1) is 0 Å². The smallest absolute Gasteiger partial charge is 0.352 e. The summed E-state index contributed by atoms with van der Waals surface area (Å²) in [6.45, 7) is 0.276. The van der Waals surface area contributed by atoms with Gasteiger partial charge in [0.15, 0.2) is 0 Å². The number of carbonyl (C=O) groups is 1. The molecule has 0 aliphatic heterocycles. The van der Waals surface area contributed by atoms with E-state index in [9.17, 15) is 18.0 Å². The molecule has 32 heavy (non-hydrogen) atoms. The monoisotopic (exact) mass is 436 g/mol. The summed E-state index contributed by atoms with van der Waals surface area (Å²) in [5.74, 6) is -0.132. The molecule has 0 unspecified atom stereocenters. The largest absolute Gasteiger partial charge is 0.433 e. The summed E-state index contributed by atoms with van der Waals surface area (Å²) >= 11 is 0. The number of hydrogen-bond donors (Lipinski definition) is 1. The summed E-state index contributed by atoms with van der Waals surface area (Å²) in [4.78, 5) is 16.1. The van der Waals surface area contributed by atoms with E-state index in [0.717, 1.165) is 21.9 Å². The average molecular weight is 436 g/mol. The van der Waals surface area contributed by atoms with Crippen LogP contribution in [0.1, 0.15) is 16.8 Å². The molecule has 1 N–H and O–H groups in total. The van der Waals surface area contributed by atoms with Crippen molar-refractivity contribution < 1.29 is 18.0 Å². The molecule has 0 radical (unpaired) electrons. The summed E-state index contributed by atoms with van der Waals surface area (Å²) in [7, 11) is 0. The molecule has 2 aromatic carbocycles. The van der Waals surface area contributed by atoms with Gasteiger partial charge in [-0.05, 0) is 41.5 Å². The number of aromatic nitrogens is 3. The molecule has 0 spiro atoms. The highest BCUT2D eigenvalue weighted by atomic mass is 19.4. The van der Waals surface area contributed by atoms with Crippen LogP contribution in [0.15, 0.2) is 85.2 Å². The number of alkyl halides is 3. The number of carbonyl (C=O) groups excluding carboxylic acids is 1. The highest BCUT2D eigenvalue weighted by Crippen LogP contribution is 2.33. The summed E-state index contributed by atoms with van der Waals surface area (Å²) in [5, 5.41) is 6.97. The minimum absolute atomic E-state index is 0.132. The molecule has 0 saturated heterocycles. The Balaban J connectivity index is 1.50. The summed E-state index contributed by atoms with van der Waals surface area (Å²) < 4.78 is 41.7. The Morgan fingerprint density at radius 1 is 0.938 bits per heavy atom. The molecule has 0 atom stereocenters. The zero-order chi connectivity index (χ0) is 22.6. The highest BCUT2D eigenvalue weighted by molar-refractivity contribution is 5.78. The van der Waals surface area contributed by atoms with Crippen LogP contribution in [0.3, 0.4) is 0 Å². The maximum atomic E-state index is 13.6. The van der Waals surface area contributed by atoms with E-state index in [1.54, 1.807) is 42.6 Å². The number of rotatable bonds is 6. The molecule has 2 aromatic heterocycles. The van der Waals surface area contributed by atoms with Crippen molar-refractivity contribution in [2.75, 3.05) is 0 Å². The Hall–Kier alpha value is -3.94. The molecule has 5 nitrogen and oxygen atoms in total. The van der Waals surface area contributed by atoms with Gasteiger partial charge in [-0.3, -0.25) is 9.78 Å². The molecule has 8 heteroatoms. The zero-order valence-electron chi connectivity index (χ0n) is 16.9. The molecule has 1 amide bonds. The second-order valence-electron chi connectivity index (χ2n) is 7.17. The van der Waals surface area contributed by atoms with Crippen LogP contribution in [0.2, 0.25) is 0 Å². The van der Waals surface area contributed by atoms with Crippen LogP contribution in [-0.2, 0) is 23.9 Å². The molecule has 0 bridgehead atoms.